The number of pyridine rings is 3. The Balaban J connectivity index is 1.33. The van der Waals surface area contributed by atoms with Crippen LogP contribution < -0.4 is 10.9 Å². The highest BCUT2D eigenvalue weighted by atomic mass is 19.1. The fourth-order valence-corrected chi connectivity index (χ4v) is 4.99. The van der Waals surface area contributed by atoms with Crippen LogP contribution in [-0.4, -0.2) is 44.9 Å². The molecule has 0 saturated carbocycles. The van der Waals surface area contributed by atoms with E-state index in [4.69, 9.17) is 4.98 Å². The van der Waals surface area contributed by atoms with Crippen LogP contribution in [0.1, 0.15) is 23.2 Å². The largest absolute Gasteiger partial charge is 0.365 e. The van der Waals surface area contributed by atoms with E-state index in [1.807, 2.05) is 29.2 Å². The van der Waals surface area contributed by atoms with Crippen LogP contribution in [0.25, 0.3) is 32.4 Å². The minimum atomic E-state index is -0.418. The Kier molecular flexibility index (Phi) is 5.13. The highest BCUT2D eigenvalue weighted by Gasteiger charge is 2.26. The van der Waals surface area contributed by atoms with Gasteiger partial charge in [0, 0.05) is 59.4 Å². The Morgan fingerprint density at radius 2 is 2.03 bits per heavy atom. The Labute approximate surface area is 199 Å². The van der Waals surface area contributed by atoms with Crippen molar-refractivity contribution in [3.63, 3.8) is 0 Å². The molecule has 1 amide bonds. The molecule has 1 aliphatic rings. The summed E-state index contributed by atoms with van der Waals surface area (Å²) in [4.78, 5) is 39.3. The van der Waals surface area contributed by atoms with E-state index in [1.165, 1.54) is 18.3 Å². The number of likely N-dealkylation sites (tertiary alicyclic amines) is 1. The Hall–Kier alpha value is -4.33. The molecule has 0 spiro atoms. The van der Waals surface area contributed by atoms with Crippen molar-refractivity contribution in [3.8, 4) is 0 Å². The summed E-state index contributed by atoms with van der Waals surface area (Å²) in [6, 6.07) is 13.6. The molecular weight excluding hydrogens is 445 g/mol. The number of benzene rings is 2. The highest BCUT2D eigenvalue weighted by molar-refractivity contribution is 6.10. The summed E-state index contributed by atoms with van der Waals surface area (Å²) < 4.78 is 14.1. The summed E-state index contributed by atoms with van der Waals surface area (Å²) in [6.07, 6.45) is 6.68. The molecule has 2 N–H and O–H groups in total. The molecule has 6 rings (SSSR count). The Morgan fingerprint density at radius 3 is 2.94 bits per heavy atom. The normalized spacial score (nSPS) is 16.1. The lowest BCUT2D eigenvalue weighted by atomic mass is 10.0. The first-order chi connectivity index (χ1) is 17.1. The van der Waals surface area contributed by atoms with E-state index in [-0.39, 0.29) is 17.5 Å². The van der Waals surface area contributed by atoms with Crippen molar-refractivity contribution in [3.05, 3.63) is 88.9 Å². The van der Waals surface area contributed by atoms with Crippen molar-refractivity contribution in [1.82, 2.24) is 19.9 Å². The number of carbonyl (C=O) groups is 1. The number of hydrogen-bond donors (Lipinski definition) is 2. The number of piperidine rings is 1. The molecule has 1 atom stereocenters. The van der Waals surface area contributed by atoms with Crippen LogP contribution in [0.3, 0.4) is 0 Å². The minimum Gasteiger partial charge on any atom is -0.365 e. The number of aromatic amines is 1. The van der Waals surface area contributed by atoms with Gasteiger partial charge in [0.25, 0.3) is 11.5 Å². The number of anilines is 1. The lowest BCUT2D eigenvalue weighted by Gasteiger charge is -2.34. The predicted molar refractivity (Wildman–Crippen MR) is 134 cm³/mol. The van der Waals surface area contributed by atoms with Gasteiger partial charge in [-0.15, -0.1) is 0 Å². The number of hydrogen-bond acceptors (Lipinski definition) is 5. The van der Waals surface area contributed by atoms with Gasteiger partial charge in [0.05, 0.1) is 10.9 Å². The van der Waals surface area contributed by atoms with Crippen molar-refractivity contribution in [1.29, 1.82) is 0 Å². The fraction of sp³-hybridized carbons (Fsp3) is 0.185. The minimum absolute atomic E-state index is 0.0277. The predicted octanol–water partition coefficient (Wildman–Crippen LogP) is 4.48. The van der Waals surface area contributed by atoms with Gasteiger partial charge in [-0.25, -0.2) is 9.37 Å². The number of halogens is 1. The third-order valence-corrected chi connectivity index (χ3v) is 6.64. The van der Waals surface area contributed by atoms with Crippen molar-refractivity contribution in [2.24, 2.45) is 0 Å². The van der Waals surface area contributed by atoms with Crippen molar-refractivity contribution in [2.75, 3.05) is 18.4 Å². The summed E-state index contributed by atoms with van der Waals surface area (Å²) in [6.45, 7) is 1.17. The third kappa shape index (κ3) is 3.77. The van der Waals surface area contributed by atoms with Gasteiger partial charge in [0.2, 0.25) is 0 Å². The first kappa shape index (κ1) is 21.2. The van der Waals surface area contributed by atoms with E-state index in [0.29, 0.717) is 46.1 Å². The van der Waals surface area contributed by atoms with E-state index in [2.05, 4.69) is 15.3 Å². The molecule has 8 heteroatoms. The van der Waals surface area contributed by atoms with E-state index >= 15 is 0 Å². The van der Waals surface area contributed by atoms with Crippen molar-refractivity contribution in [2.45, 2.75) is 18.9 Å². The summed E-state index contributed by atoms with van der Waals surface area (Å²) in [5.41, 5.74) is 0.817. The molecule has 0 bridgehead atoms. The second kappa shape index (κ2) is 8.47. The van der Waals surface area contributed by atoms with Crippen LogP contribution in [0, 0.1) is 5.82 Å². The topological polar surface area (TPSA) is 91.0 Å². The molecule has 3 aromatic heterocycles. The molecule has 0 radical (unpaired) electrons. The average molecular weight is 468 g/mol. The van der Waals surface area contributed by atoms with Gasteiger partial charge < -0.3 is 15.2 Å². The number of nitrogens with zero attached hydrogens (tertiary/aromatic N) is 3. The molecule has 0 unspecified atom stereocenters. The molecule has 5 aromatic rings. The molecule has 1 saturated heterocycles. The number of carbonyl (C=O) groups excluding carboxylic acids is 1. The summed E-state index contributed by atoms with van der Waals surface area (Å²) in [5.74, 6) is 0.130. The first-order valence-electron chi connectivity index (χ1n) is 11.6. The highest BCUT2D eigenvalue weighted by Crippen LogP contribution is 2.30. The quantitative estimate of drug-likeness (QED) is 0.382. The molecular formula is C27H22FN5O2. The van der Waals surface area contributed by atoms with Gasteiger partial charge in [0.1, 0.15) is 11.6 Å². The molecule has 4 heterocycles. The second-order valence-corrected chi connectivity index (χ2v) is 8.85. The SMILES string of the molecule is O=C(c1cccc2ccncc12)N1CCC[C@@H](Nc2nc3cc[nH]c(=O)c3c3cc(F)ccc23)C1. The van der Waals surface area contributed by atoms with Crippen molar-refractivity contribution < 1.29 is 9.18 Å². The number of amides is 1. The Bertz CT molecular complexity index is 1660. The first-order valence-corrected chi connectivity index (χ1v) is 11.6. The van der Waals surface area contributed by atoms with E-state index in [9.17, 15) is 14.0 Å². The standard InChI is InChI=1S/C27H22FN5O2/c28-17-6-7-19-21(13-17)24-23(9-11-30-26(24)34)32-25(19)31-18-4-2-12-33(15-18)27(35)20-5-1-3-16-8-10-29-14-22(16)20/h1,3,5-11,13-14,18H,2,4,12,15H2,(H,30,34)(H,31,32)/t18-/m1/s1. The molecule has 2 aromatic carbocycles. The molecule has 174 valence electrons. The van der Waals surface area contributed by atoms with Crippen LogP contribution in [0.4, 0.5) is 10.2 Å². The summed E-state index contributed by atoms with van der Waals surface area (Å²) in [7, 11) is 0. The molecule has 35 heavy (non-hydrogen) atoms. The maximum absolute atomic E-state index is 14.1. The van der Waals surface area contributed by atoms with Gasteiger partial charge >= 0.3 is 0 Å². The van der Waals surface area contributed by atoms with Gasteiger partial charge in [-0.05, 0) is 54.6 Å². The maximum Gasteiger partial charge on any atom is 0.258 e. The zero-order valence-corrected chi connectivity index (χ0v) is 18.8. The van der Waals surface area contributed by atoms with E-state index in [0.717, 1.165) is 23.6 Å². The number of H-pyrrole nitrogens is 1. The number of rotatable bonds is 3. The second-order valence-electron chi connectivity index (χ2n) is 8.85. The molecule has 7 nitrogen and oxygen atoms in total. The zero-order valence-electron chi connectivity index (χ0n) is 18.8. The Morgan fingerprint density at radius 1 is 1.11 bits per heavy atom. The monoisotopic (exact) mass is 467 g/mol. The lowest BCUT2D eigenvalue weighted by Crippen LogP contribution is -2.45. The average Bonchev–Trinajstić information content (AvgIpc) is 2.88. The van der Waals surface area contributed by atoms with Crippen LogP contribution in [0.15, 0.2) is 71.9 Å². The van der Waals surface area contributed by atoms with Gasteiger partial charge in [-0.3, -0.25) is 14.6 Å². The van der Waals surface area contributed by atoms with E-state index in [1.54, 1.807) is 24.5 Å². The number of aromatic nitrogens is 3. The summed E-state index contributed by atoms with van der Waals surface area (Å²) >= 11 is 0. The van der Waals surface area contributed by atoms with Crippen LogP contribution in [-0.2, 0) is 0 Å². The van der Waals surface area contributed by atoms with E-state index < -0.39 is 5.82 Å². The third-order valence-electron chi connectivity index (χ3n) is 6.64. The van der Waals surface area contributed by atoms with Gasteiger partial charge in [0.15, 0.2) is 0 Å². The molecule has 0 aliphatic carbocycles. The molecule has 1 fully saturated rings. The van der Waals surface area contributed by atoms with Crippen LogP contribution >= 0.6 is 0 Å². The number of fused-ring (bicyclic) bond motifs is 4. The lowest BCUT2D eigenvalue weighted by molar-refractivity contribution is 0.0716. The summed E-state index contributed by atoms with van der Waals surface area (Å²) in [5, 5.41) is 6.82. The number of nitrogens with one attached hydrogen (secondary N) is 2. The van der Waals surface area contributed by atoms with Crippen LogP contribution in [0.2, 0.25) is 0 Å². The van der Waals surface area contributed by atoms with Crippen molar-refractivity contribution >= 4 is 44.2 Å². The molecule has 1 aliphatic heterocycles. The fourth-order valence-electron chi connectivity index (χ4n) is 4.99. The van der Waals surface area contributed by atoms with Gasteiger partial charge in [-0.1, -0.05) is 12.1 Å². The van der Waals surface area contributed by atoms with Gasteiger partial charge in [-0.2, -0.15) is 0 Å². The maximum atomic E-state index is 14.1. The zero-order chi connectivity index (χ0) is 23.9. The van der Waals surface area contributed by atoms with Crippen LogP contribution in [0.5, 0.6) is 0 Å². The smallest absolute Gasteiger partial charge is 0.258 e.